The average molecular weight is 168 g/mol. The SMILES string of the molecule is CCC(C)C(C)(C#N)NC(C)=O. The minimum Gasteiger partial charge on any atom is -0.338 e. The Balaban J connectivity index is 4.47. The highest BCUT2D eigenvalue weighted by Gasteiger charge is 2.30. The summed E-state index contributed by atoms with van der Waals surface area (Å²) in [6.07, 6.45) is 0.879. The summed E-state index contributed by atoms with van der Waals surface area (Å²) in [6.45, 7) is 7.14. The molecule has 1 amide bonds. The van der Waals surface area contributed by atoms with Crippen molar-refractivity contribution in [3.8, 4) is 6.07 Å². The lowest BCUT2D eigenvalue weighted by Gasteiger charge is -2.28. The zero-order valence-electron chi connectivity index (χ0n) is 8.14. The van der Waals surface area contributed by atoms with Gasteiger partial charge in [0.2, 0.25) is 5.91 Å². The first-order valence-electron chi connectivity index (χ1n) is 4.16. The molecular formula is C9H16N2O. The molecule has 2 unspecified atom stereocenters. The second-order valence-electron chi connectivity index (χ2n) is 3.30. The largest absolute Gasteiger partial charge is 0.338 e. The van der Waals surface area contributed by atoms with Crippen molar-refractivity contribution >= 4 is 5.91 Å². The Morgan fingerprint density at radius 2 is 2.25 bits per heavy atom. The zero-order chi connectivity index (χ0) is 9.78. The van der Waals surface area contributed by atoms with Crippen molar-refractivity contribution in [3.63, 3.8) is 0 Å². The number of hydrogen-bond donors (Lipinski definition) is 1. The molecule has 0 aliphatic carbocycles. The monoisotopic (exact) mass is 168 g/mol. The molecule has 0 aliphatic heterocycles. The third kappa shape index (κ3) is 2.54. The van der Waals surface area contributed by atoms with Crippen molar-refractivity contribution in [2.45, 2.75) is 39.7 Å². The molecule has 0 aromatic rings. The van der Waals surface area contributed by atoms with Crippen LogP contribution in [0, 0.1) is 17.2 Å². The van der Waals surface area contributed by atoms with E-state index in [0.29, 0.717) is 0 Å². The molecule has 0 radical (unpaired) electrons. The Labute approximate surface area is 73.8 Å². The van der Waals surface area contributed by atoms with Gasteiger partial charge in [0, 0.05) is 6.92 Å². The lowest BCUT2D eigenvalue weighted by Crippen LogP contribution is -2.48. The highest BCUT2D eigenvalue weighted by molar-refractivity contribution is 5.74. The van der Waals surface area contributed by atoms with Crippen LogP contribution in [-0.2, 0) is 4.79 Å². The van der Waals surface area contributed by atoms with Crippen LogP contribution in [0.2, 0.25) is 0 Å². The van der Waals surface area contributed by atoms with Gasteiger partial charge >= 0.3 is 0 Å². The van der Waals surface area contributed by atoms with Crippen LogP contribution in [0.4, 0.5) is 0 Å². The number of nitrogens with zero attached hydrogens (tertiary/aromatic N) is 1. The van der Waals surface area contributed by atoms with E-state index in [9.17, 15) is 4.79 Å². The van der Waals surface area contributed by atoms with Crippen LogP contribution in [-0.4, -0.2) is 11.4 Å². The Hall–Kier alpha value is -1.04. The van der Waals surface area contributed by atoms with Gasteiger partial charge in [-0.05, 0) is 12.8 Å². The van der Waals surface area contributed by atoms with Crippen LogP contribution in [0.3, 0.4) is 0 Å². The topological polar surface area (TPSA) is 52.9 Å². The van der Waals surface area contributed by atoms with Gasteiger partial charge < -0.3 is 5.32 Å². The Morgan fingerprint density at radius 3 is 2.50 bits per heavy atom. The molecule has 0 aliphatic rings. The van der Waals surface area contributed by atoms with Gasteiger partial charge in [0.15, 0.2) is 0 Å². The average Bonchev–Trinajstić information content (AvgIpc) is 2.01. The maximum Gasteiger partial charge on any atom is 0.218 e. The molecule has 68 valence electrons. The van der Waals surface area contributed by atoms with E-state index in [1.165, 1.54) is 6.92 Å². The smallest absolute Gasteiger partial charge is 0.218 e. The van der Waals surface area contributed by atoms with Crippen molar-refractivity contribution < 1.29 is 4.79 Å². The molecule has 0 spiro atoms. The number of amides is 1. The maximum absolute atomic E-state index is 10.8. The van der Waals surface area contributed by atoms with E-state index in [0.717, 1.165) is 6.42 Å². The highest BCUT2D eigenvalue weighted by Crippen LogP contribution is 2.18. The maximum atomic E-state index is 10.8. The predicted molar refractivity (Wildman–Crippen MR) is 47.3 cm³/mol. The van der Waals surface area contributed by atoms with Gasteiger partial charge in [0.25, 0.3) is 0 Å². The third-order valence-corrected chi connectivity index (χ3v) is 2.27. The van der Waals surface area contributed by atoms with E-state index in [-0.39, 0.29) is 11.8 Å². The Morgan fingerprint density at radius 1 is 1.75 bits per heavy atom. The second kappa shape index (κ2) is 4.10. The van der Waals surface area contributed by atoms with E-state index in [1.807, 2.05) is 13.8 Å². The first-order chi connectivity index (χ1) is 5.46. The number of carbonyl (C=O) groups excluding carboxylic acids is 1. The summed E-state index contributed by atoms with van der Waals surface area (Å²) < 4.78 is 0. The van der Waals surface area contributed by atoms with Gasteiger partial charge in [-0.25, -0.2) is 0 Å². The molecule has 0 rings (SSSR count). The van der Waals surface area contributed by atoms with Crippen molar-refractivity contribution in [1.82, 2.24) is 5.32 Å². The summed E-state index contributed by atoms with van der Waals surface area (Å²) in [5, 5.41) is 11.5. The minimum atomic E-state index is -0.722. The van der Waals surface area contributed by atoms with Crippen LogP contribution < -0.4 is 5.32 Å². The van der Waals surface area contributed by atoms with Gasteiger partial charge in [0.1, 0.15) is 5.54 Å². The van der Waals surface area contributed by atoms with E-state index in [4.69, 9.17) is 5.26 Å². The van der Waals surface area contributed by atoms with Crippen LogP contribution >= 0.6 is 0 Å². The Bertz CT molecular complexity index is 207. The summed E-state index contributed by atoms with van der Waals surface area (Å²) >= 11 is 0. The van der Waals surface area contributed by atoms with Gasteiger partial charge in [-0.15, -0.1) is 0 Å². The molecule has 0 heterocycles. The summed E-state index contributed by atoms with van der Waals surface area (Å²) in [4.78, 5) is 10.8. The van der Waals surface area contributed by atoms with Gasteiger partial charge in [-0.3, -0.25) is 4.79 Å². The number of carbonyl (C=O) groups is 1. The molecule has 0 aromatic heterocycles. The van der Waals surface area contributed by atoms with Gasteiger partial charge in [-0.2, -0.15) is 5.26 Å². The van der Waals surface area contributed by atoms with Crippen molar-refractivity contribution in [1.29, 1.82) is 5.26 Å². The molecule has 0 aromatic carbocycles. The molecular weight excluding hydrogens is 152 g/mol. The number of hydrogen-bond acceptors (Lipinski definition) is 2. The molecule has 1 N–H and O–H groups in total. The lowest BCUT2D eigenvalue weighted by atomic mass is 9.86. The van der Waals surface area contributed by atoms with Crippen molar-refractivity contribution in [2.24, 2.45) is 5.92 Å². The van der Waals surface area contributed by atoms with Crippen LogP contribution in [0.25, 0.3) is 0 Å². The predicted octanol–water partition coefficient (Wildman–Crippen LogP) is 1.45. The van der Waals surface area contributed by atoms with E-state index >= 15 is 0 Å². The van der Waals surface area contributed by atoms with Crippen LogP contribution in [0.5, 0.6) is 0 Å². The fourth-order valence-corrected chi connectivity index (χ4v) is 1.04. The fourth-order valence-electron chi connectivity index (χ4n) is 1.04. The first kappa shape index (κ1) is 11.0. The molecule has 0 saturated heterocycles. The lowest BCUT2D eigenvalue weighted by molar-refractivity contribution is -0.120. The molecule has 0 bridgehead atoms. The molecule has 3 heteroatoms. The van der Waals surface area contributed by atoms with Gasteiger partial charge in [0.05, 0.1) is 6.07 Å². The van der Waals surface area contributed by atoms with Crippen LogP contribution in [0.15, 0.2) is 0 Å². The Kier molecular flexibility index (Phi) is 3.75. The summed E-state index contributed by atoms with van der Waals surface area (Å²) in [6, 6.07) is 2.13. The van der Waals surface area contributed by atoms with Gasteiger partial charge in [-0.1, -0.05) is 20.3 Å². The number of nitrogens with one attached hydrogen (secondary N) is 1. The molecule has 12 heavy (non-hydrogen) atoms. The highest BCUT2D eigenvalue weighted by atomic mass is 16.1. The molecule has 0 saturated carbocycles. The number of rotatable bonds is 3. The normalized spacial score (nSPS) is 17.2. The molecule has 0 fully saturated rings. The van der Waals surface area contributed by atoms with Crippen molar-refractivity contribution in [3.05, 3.63) is 0 Å². The second-order valence-corrected chi connectivity index (χ2v) is 3.30. The minimum absolute atomic E-state index is 0.153. The zero-order valence-corrected chi connectivity index (χ0v) is 8.14. The molecule has 3 nitrogen and oxygen atoms in total. The quantitative estimate of drug-likeness (QED) is 0.693. The summed E-state index contributed by atoms with van der Waals surface area (Å²) in [5.74, 6) is 0.0192. The molecule has 2 atom stereocenters. The fraction of sp³-hybridized carbons (Fsp3) is 0.778. The van der Waals surface area contributed by atoms with E-state index in [1.54, 1.807) is 6.92 Å². The summed E-state index contributed by atoms with van der Waals surface area (Å²) in [5.41, 5.74) is -0.722. The van der Waals surface area contributed by atoms with E-state index < -0.39 is 5.54 Å². The third-order valence-electron chi connectivity index (χ3n) is 2.27. The van der Waals surface area contributed by atoms with Crippen molar-refractivity contribution in [2.75, 3.05) is 0 Å². The first-order valence-corrected chi connectivity index (χ1v) is 4.16. The number of nitriles is 1. The van der Waals surface area contributed by atoms with E-state index in [2.05, 4.69) is 11.4 Å². The summed E-state index contributed by atoms with van der Waals surface area (Å²) in [7, 11) is 0. The van der Waals surface area contributed by atoms with Crippen LogP contribution in [0.1, 0.15) is 34.1 Å². The standard InChI is InChI=1S/C9H16N2O/c1-5-7(2)9(4,6-10)11-8(3)12/h7H,5H2,1-4H3,(H,11,12).